The Morgan fingerprint density at radius 1 is 1.00 bits per heavy atom. The molecule has 2 aromatic rings. The van der Waals surface area contributed by atoms with Crippen LogP contribution in [0.1, 0.15) is 11.1 Å². The number of rotatable bonds is 3. The highest BCUT2D eigenvalue weighted by Gasteiger charge is 2.29. The summed E-state index contributed by atoms with van der Waals surface area (Å²) in [6.45, 7) is 6.10. The summed E-state index contributed by atoms with van der Waals surface area (Å²) in [5.74, 6) is -0.625. The molecule has 1 fully saturated rings. The zero-order valence-corrected chi connectivity index (χ0v) is 15.7. The Labute approximate surface area is 152 Å². The molecule has 7 heteroatoms. The molecule has 0 N–H and O–H groups in total. The van der Waals surface area contributed by atoms with Crippen molar-refractivity contribution in [3.8, 4) is 0 Å². The molecule has 0 unspecified atom stereocenters. The number of benzene rings is 2. The van der Waals surface area contributed by atoms with E-state index in [2.05, 4.69) is 30.9 Å². The van der Waals surface area contributed by atoms with E-state index in [1.165, 1.54) is 33.3 Å². The van der Waals surface area contributed by atoms with Crippen molar-refractivity contribution < 1.29 is 12.8 Å². The standard InChI is InChI=1S/C18H20ClFN2O2S/c1-13-4-3-5-14(2)18(13)21-8-10-22(11-9-21)25(23,24)15-6-7-17(20)16(19)12-15/h3-7,12H,8-11H2,1-2H3. The first kappa shape index (κ1) is 18.2. The number of anilines is 1. The molecule has 0 saturated carbocycles. The lowest BCUT2D eigenvalue weighted by Gasteiger charge is -2.36. The van der Waals surface area contributed by atoms with Gasteiger partial charge in [-0.15, -0.1) is 0 Å². The second-order valence-corrected chi connectivity index (χ2v) is 8.55. The van der Waals surface area contributed by atoms with E-state index >= 15 is 0 Å². The Morgan fingerprint density at radius 2 is 1.60 bits per heavy atom. The van der Waals surface area contributed by atoms with E-state index in [1.54, 1.807) is 0 Å². The molecule has 0 bridgehead atoms. The van der Waals surface area contributed by atoms with Gasteiger partial charge < -0.3 is 4.90 Å². The van der Waals surface area contributed by atoms with Gasteiger partial charge in [-0.05, 0) is 43.2 Å². The Balaban J connectivity index is 1.78. The Hall–Kier alpha value is -1.63. The van der Waals surface area contributed by atoms with Crippen LogP contribution in [0.3, 0.4) is 0 Å². The first-order valence-electron chi connectivity index (χ1n) is 8.07. The van der Waals surface area contributed by atoms with Crippen molar-refractivity contribution in [2.24, 2.45) is 0 Å². The van der Waals surface area contributed by atoms with Crippen molar-refractivity contribution in [3.05, 3.63) is 58.4 Å². The number of piperazine rings is 1. The third-order valence-corrected chi connectivity index (χ3v) is 6.71. The molecule has 4 nitrogen and oxygen atoms in total. The van der Waals surface area contributed by atoms with Crippen LogP contribution in [0.25, 0.3) is 0 Å². The van der Waals surface area contributed by atoms with Crippen molar-refractivity contribution >= 4 is 27.3 Å². The number of halogens is 2. The van der Waals surface area contributed by atoms with Crippen LogP contribution in [0.4, 0.5) is 10.1 Å². The fourth-order valence-electron chi connectivity index (χ4n) is 3.24. The number of nitrogens with zero attached hydrogens (tertiary/aromatic N) is 2. The minimum atomic E-state index is -3.67. The maximum Gasteiger partial charge on any atom is 0.243 e. The average molecular weight is 383 g/mol. The summed E-state index contributed by atoms with van der Waals surface area (Å²) in [6.07, 6.45) is 0. The van der Waals surface area contributed by atoms with Crippen molar-refractivity contribution in [2.45, 2.75) is 18.7 Å². The van der Waals surface area contributed by atoms with E-state index in [4.69, 9.17) is 11.6 Å². The quantitative estimate of drug-likeness (QED) is 0.814. The first-order valence-corrected chi connectivity index (χ1v) is 9.89. The van der Waals surface area contributed by atoms with Gasteiger partial charge in [0.25, 0.3) is 0 Å². The molecule has 1 heterocycles. The fraction of sp³-hybridized carbons (Fsp3) is 0.333. The molecule has 0 amide bonds. The van der Waals surface area contributed by atoms with E-state index in [1.807, 2.05) is 6.07 Å². The number of aryl methyl sites for hydroxylation is 2. The normalized spacial score (nSPS) is 16.2. The topological polar surface area (TPSA) is 40.6 Å². The average Bonchev–Trinajstić information content (AvgIpc) is 2.57. The number of sulfonamides is 1. The lowest BCUT2D eigenvalue weighted by molar-refractivity contribution is 0.384. The van der Waals surface area contributed by atoms with Gasteiger partial charge in [-0.1, -0.05) is 29.8 Å². The fourth-order valence-corrected chi connectivity index (χ4v) is 4.94. The lowest BCUT2D eigenvalue weighted by atomic mass is 10.1. The molecule has 0 atom stereocenters. The minimum absolute atomic E-state index is 0.0272. The van der Waals surface area contributed by atoms with E-state index in [9.17, 15) is 12.8 Å². The second kappa shape index (κ2) is 6.94. The number of hydrogen-bond donors (Lipinski definition) is 0. The predicted molar refractivity (Wildman–Crippen MR) is 98.3 cm³/mol. The molecule has 3 rings (SSSR count). The monoisotopic (exact) mass is 382 g/mol. The maximum absolute atomic E-state index is 13.3. The van der Waals surface area contributed by atoms with Crippen LogP contribution >= 0.6 is 11.6 Å². The Kier molecular flexibility index (Phi) is 5.04. The smallest absolute Gasteiger partial charge is 0.243 e. The van der Waals surface area contributed by atoms with Crippen LogP contribution in [0, 0.1) is 19.7 Å². The Bertz CT molecular complexity index is 874. The molecule has 2 aromatic carbocycles. The van der Waals surface area contributed by atoms with Gasteiger partial charge in [0.1, 0.15) is 5.82 Å². The molecule has 0 aliphatic carbocycles. The summed E-state index contributed by atoms with van der Waals surface area (Å²) in [5.41, 5.74) is 3.53. The third-order valence-electron chi connectivity index (χ3n) is 4.52. The van der Waals surface area contributed by atoms with Gasteiger partial charge in [-0.3, -0.25) is 0 Å². The maximum atomic E-state index is 13.3. The zero-order valence-electron chi connectivity index (χ0n) is 14.2. The molecule has 0 radical (unpaired) electrons. The van der Waals surface area contributed by atoms with E-state index in [0.717, 1.165) is 6.07 Å². The zero-order chi connectivity index (χ0) is 18.2. The van der Waals surface area contributed by atoms with Gasteiger partial charge >= 0.3 is 0 Å². The number of para-hydroxylation sites is 1. The number of hydrogen-bond acceptors (Lipinski definition) is 3. The highest BCUT2D eigenvalue weighted by molar-refractivity contribution is 7.89. The highest BCUT2D eigenvalue weighted by atomic mass is 35.5. The van der Waals surface area contributed by atoms with Gasteiger partial charge in [-0.25, -0.2) is 12.8 Å². The van der Waals surface area contributed by atoms with Gasteiger partial charge in [0.2, 0.25) is 10.0 Å². The van der Waals surface area contributed by atoms with Crippen LogP contribution in [0.15, 0.2) is 41.3 Å². The molecule has 0 spiro atoms. The van der Waals surface area contributed by atoms with E-state index in [0.29, 0.717) is 26.2 Å². The van der Waals surface area contributed by atoms with Crippen LogP contribution in [0.5, 0.6) is 0 Å². The van der Waals surface area contributed by atoms with Crippen LogP contribution in [-0.4, -0.2) is 38.9 Å². The van der Waals surface area contributed by atoms with Crippen molar-refractivity contribution in [1.82, 2.24) is 4.31 Å². The van der Waals surface area contributed by atoms with E-state index < -0.39 is 15.8 Å². The van der Waals surface area contributed by atoms with Crippen LogP contribution in [0.2, 0.25) is 5.02 Å². The van der Waals surface area contributed by atoms with Crippen LogP contribution < -0.4 is 4.90 Å². The first-order chi connectivity index (χ1) is 11.8. The minimum Gasteiger partial charge on any atom is -0.368 e. The summed E-state index contributed by atoms with van der Waals surface area (Å²) >= 11 is 5.73. The molecule has 134 valence electrons. The molecule has 1 saturated heterocycles. The summed E-state index contributed by atoms with van der Waals surface area (Å²) in [6, 6.07) is 9.66. The van der Waals surface area contributed by atoms with Gasteiger partial charge in [-0.2, -0.15) is 4.31 Å². The third kappa shape index (κ3) is 3.52. The largest absolute Gasteiger partial charge is 0.368 e. The summed E-state index contributed by atoms with van der Waals surface area (Å²) in [4.78, 5) is 2.24. The predicted octanol–water partition coefficient (Wildman–Crippen LogP) is 3.61. The molecular formula is C18H20ClFN2O2S. The van der Waals surface area contributed by atoms with Crippen LogP contribution in [-0.2, 0) is 10.0 Å². The molecule has 25 heavy (non-hydrogen) atoms. The molecule has 1 aliphatic heterocycles. The molecule has 0 aromatic heterocycles. The van der Waals surface area contributed by atoms with E-state index in [-0.39, 0.29) is 9.92 Å². The van der Waals surface area contributed by atoms with Gasteiger partial charge in [0.15, 0.2) is 0 Å². The van der Waals surface area contributed by atoms with Gasteiger partial charge in [0, 0.05) is 31.9 Å². The summed E-state index contributed by atoms with van der Waals surface area (Å²) < 4.78 is 40.2. The molecular weight excluding hydrogens is 363 g/mol. The Morgan fingerprint density at radius 3 is 2.16 bits per heavy atom. The van der Waals surface area contributed by atoms with Crippen molar-refractivity contribution in [1.29, 1.82) is 0 Å². The summed E-state index contributed by atoms with van der Waals surface area (Å²) in [7, 11) is -3.67. The van der Waals surface area contributed by atoms with Crippen molar-refractivity contribution in [2.75, 3.05) is 31.1 Å². The van der Waals surface area contributed by atoms with Gasteiger partial charge in [0.05, 0.1) is 9.92 Å². The second-order valence-electron chi connectivity index (χ2n) is 6.21. The molecule has 1 aliphatic rings. The highest BCUT2D eigenvalue weighted by Crippen LogP contribution is 2.28. The van der Waals surface area contributed by atoms with Crippen molar-refractivity contribution in [3.63, 3.8) is 0 Å². The summed E-state index contributed by atoms with van der Waals surface area (Å²) in [5, 5.41) is -0.185. The lowest BCUT2D eigenvalue weighted by Crippen LogP contribution is -2.49. The SMILES string of the molecule is Cc1cccc(C)c1N1CCN(S(=O)(=O)c2ccc(F)c(Cl)c2)CC1.